The standard InChI is InChI=1S/C13H15ClN2S2/c1-2-10(15)13(11-3-4-12(14)18-11)17-9-5-7-16-8-6-9/h3-8,10,13H,2,15H2,1H3. The van der Waals surface area contributed by atoms with Crippen molar-refractivity contribution >= 4 is 34.7 Å². The fourth-order valence-corrected chi connectivity index (χ4v) is 4.16. The van der Waals surface area contributed by atoms with Gasteiger partial charge in [-0.15, -0.1) is 23.1 Å². The minimum Gasteiger partial charge on any atom is -0.326 e. The molecule has 2 N–H and O–H groups in total. The van der Waals surface area contributed by atoms with Crippen LogP contribution >= 0.6 is 34.7 Å². The molecule has 2 aromatic rings. The molecule has 0 aliphatic heterocycles. The molecule has 0 radical (unpaired) electrons. The number of hydrogen-bond acceptors (Lipinski definition) is 4. The van der Waals surface area contributed by atoms with Crippen LogP contribution in [0.2, 0.25) is 4.34 Å². The van der Waals surface area contributed by atoms with Crippen molar-refractivity contribution in [3.63, 3.8) is 0 Å². The van der Waals surface area contributed by atoms with Gasteiger partial charge in [0.1, 0.15) is 0 Å². The molecule has 96 valence electrons. The largest absolute Gasteiger partial charge is 0.326 e. The van der Waals surface area contributed by atoms with Gasteiger partial charge in [0.25, 0.3) is 0 Å². The molecule has 2 nitrogen and oxygen atoms in total. The maximum Gasteiger partial charge on any atom is 0.0931 e. The molecule has 0 aliphatic carbocycles. The summed E-state index contributed by atoms with van der Waals surface area (Å²) in [7, 11) is 0. The summed E-state index contributed by atoms with van der Waals surface area (Å²) in [6, 6.07) is 8.15. The van der Waals surface area contributed by atoms with Crippen LogP contribution in [0.3, 0.4) is 0 Å². The first-order chi connectivity index (χ1) is 8.70. The molecular formula is C13H15ClN2S2. The Bertz CT molecular complexity index is 487. The van der Waals surface area contributed by atoms with E-state index in [0.717, 1.165) is 10.8 Å². The van der Waals surface area contributed by atoms with Crippen molar-refractivity contribution < 1.29 is 0 Å². The molecule has 2 heterocycles. The van der Waals surface area contributed by atoms with Crippen LogP contribution in [0.5, 0.6) is 0 Å². The van der Waals surface area contributed by atoms with Crippen molar-refractivity contribution in [2.24, 2.45) is 5.73 Å². The lowest BCUT2D eigenvalue weighted by molar-refractivity contribution is 0.640. The van der Waals surface area contributed by atoms with Crippen LogP contribution in [0.15, 0.2) is 41.6 Å². The quantitative estimate of drug-likeness (QED) is 0.833. The molecule has 0 bridgehead atoms. The fraction of sp³-hybridized carbons (Fsp3) is 0.308. The van der Waals surface area contributed by atoms with E-state index in [-0.39, 0.29) is 11.3 Å². The Morgan fingerprint density at radius 1 is 1.33 bits per heavy atom. The lowest BCUT2D eigenvalue weighted by Gasteiger charge is -2.21. The first-order valence-corrected chi connectivity index (χ1v) is 7.85. The number of thiophene rings is 1. The third-order valence-electron chi connectivity index (χ3n) is 2.65. The summed E-state index contributed by atoms with van der Waals surface area (Å²) in [5.41, 5.74) is 6.23. The van der Waals surface area contributed by atoms with Gasteiger partial charge in [-0.3, -0.25) is 4.98 Å². The molecule has 0 aliphatic rings. The second kappa shape index (κ2) is 6.57. The molecule has 2 atom stereocenters. The van der Waals surface area contributed by atoms with Crippen LogP contribution in [0, 0.1) is 0 Å². The molecule has 0 amide bonds. The van der Waals surface area contributed by atoms with Gasteiger partial charge in [0.15, 0.2) is 0 Å². The Labute approximate surface area is 121 Å². The van der Waals surface area contributed by atoms with Crippen molar-refractivity contribution in [3.8, 4) is 0 Å². The molecule has 0 saturated heterocycles. The molecule has 5 heteroatoms. The molecule has 2 aromatic heterocycles. The molecule has 0 saturated carbocycles. The van der Waals surface area contributed by atoms with Gasteiger partial charge in [0, 0.05) is 28.2 Å². The van der Waals surface area contributed by atoms with Gasteiger partial charge in [-0.1, -0.05) is 18.5 Å². The van der Waals surface area contributed by atoms with Crippen LogP contribution < -0.4 is 5.73 Å². The zero-order valence-electron chi connectivity index (χ0n) is 10.0. The molecule has 0 fully saturated rings. The summed E-state index contributed by atoms with van der Waals surface area (Å²) in [5.74, 6) is 0. The third-order valence-corrected chi connectivity index (χ3v) is 5.51. The van der Waals surface area contributed by atoms with Crippen LogP contribution in [0.4, 0.5) is 0 Å². The first kappa shape index (κ1) is 13.9. The average Bonchev–Trinajstić information content (AvgIpc) is 2.83. The zero-order chi connectivity index (χ0) is 13.0. The van der Waals surface area contributed by atoms with Crippen molar-refractivity contribution in [2.45, 2.75) is 29.5 Å². The monoisotopic (exact) mass is 298 g/mol. The van der Waals surface area contributed by atoms with E-state index in [2.05, 4.69) is 18.0 Å². The normalized spacial score (nSPS) is 14.4. The number of rotatable bonds is 5. The van der Waals surface area contributed by atoms with Gasteiger partial charge in [-0.2, -0.15) is 0 Å². The summed E-state index contributed by atoms with van der Waals surface area (Å²) in [6.45, 7) is 2.11. The topological polar surface area (TPSA) is 38.9 Å². The smallest absolute Gasteiger partial charge is 0.0931 e. The first-order valence-electron chi connectivity index (χ1n) is 5.78. The van der Waals surface area contributed by atoms with E-state index in [9.17, 15) is 0 Å². The molecule has 0 spiro atoms. The number of nitrogens with two attached hydrogens (primary N) is 1. The van der Waals surface area contributed by atoms with E-state index in [1.807, 2.05) is 18.2 Å². The minimum absolute atomic E-state index is 0.123. The van der Waals surface area contributed by atoms with Crippen molar-refractivity contribution in [1.29, 1.82) is 0 Å². The SMILES string of the molecule is CCC(N)C(Sc1ccncc1)c1ccc(Cl)s1. The number of nitrogens with zero attached hydrogens (tertiary/aromatic N) is 1. The highest BCUT2D eigenvalue weighted by Gasteiger charge is 2.21. The molecule has 2 rings (SSSR count). The maximum absolute atomic E-state index is 6.23. The fourth-order valence-electron chi connectivity index (χ4n) is 1.62. The van der Waals surface area contributed by atoms with E-state index in [4.69, 9.17) is 17.3 Å². The van der Waals surface area contributed by atoms with Gasteiger partial charge in [0.2, 0.25) is 0 Å². The van der Waals surface area contributed by atoms with Gasteiger partial charge in [0.05, 0.1) is 9.59 Å². The van der Waals surface area contributed by atoms with Crippen LogP contribution in [0.1, 0.15) is 23.5 Å². The second-order valence-electron chi connectivity index (χ2n) is 3.94. The highest BCUT2D eigenvalue weighted by Crippen LogP contribution is 2.41. The van der Waals surface area contributed by atoms with Gasteiger partial charge >= 0.3 is 0 Å². The minimum atomic E-state index is 0.123. The van der Waals surface area contributed by atoms with Crippen molar-refractivity contribution in [1.82, 2.24) is 4.98 Å². The lowest BCUT2D eigenvalue weighted by atomic mass is 10.1. The number of pyridine rings is 1. The number of hydrogen-bond donors (Lipinski definition) is 1. The number of thioether (sulfide) groups is 1. The predicted octanol–water partition coefficient (Wildman–Crippen LogP) is 4.37. The zero-order valence-corrected chi connectivity index (χ0v) is 12.4. The average molecular weight is 299 g/mol. The van der Waals surface area contributed by atoms with Crippen LogP contribution in [0.25, 0.3) is 0 Å². The summed E-state index contributed by atoms with van der Waals surface area (Å²) >= 11 is 9.40. The predicted molar refractivity (Wildman–Crippen MR) is 80.4 cm³/mol. The van der Waals surface area contributed by atoms with Gasteiger partial charge < -0.3 is 5.73 Å². The molecule has 0 aromatic carbocycles. The summed E-state index contributed by atoms with van der Waals surface area (Å²) in [5, 5.41) is 0.245. The van der Waals surface area contributed by atoms with E-state index >= 15 is 0 Å². The van der Waals surface area contributed by atoms with Gasteiger partial charge in [-0.25, -0.2) is 0 Å². The van der Waals surface area contributed by atoms with E-state index < -0.39 is 0 Å². The lowest BCUT2D eigenvalue weighted by Crippen LogP contribution is -2.25. The molecular weight excluding hydrogens is 284 g/mol. The summed E-state index contributed by atoms with van der Waals surface area (Å²) in [6.07, 6.45) is 4.55. The molecule has 2 unspecified atom stereocenters. The van der Waals surface area contributed by atoms with Crippen molar-refractivity contribution in [3.05, 3.63) is 45.9 Å². The summed E-state index contributed by atoms with van der Waals surface area (Å²) < 4.78 is 0.814. The van der Waals surface area contributed by atoms with E-state index in [1.165, 1.54) is 9.77 Å². The Morgan fingerprint density at radius 2 is 2.06 bits per heavy atom. The van der Waals surface area contributed by atoms with E-state index in [1.54, 1.807) is 35.5 Å². The Morgan fingerprint density at radius 3 is 2.61 bits per heavy atom. The maximum atomic E-state index is 6.23. The summed E-state index contributed by atoms with van der Waals surface area (Å²) in [4.78, 5) is 6.45. The number of halogens is 1. The van der Waals surface area contributed by atoms with Crippen molar-refractivity contribution in [2.75, 3.05) is 0 Å². The third kappa shape index (κ3) is 3.48. The van der Waals surface area contributed by atoms with Gasteiger partial charge in [-0.05, 0) is 30.7 Å². The highest BCUT2D eigenvalue weighted by atomic mass is 35.5. The Kier molecular flexibility index (Phi) is 5.06. The van der Waals surface area contributed by atoms with Crippen LogP contribution in [-0.4, -0.2) is 11.0 Å². The highest BCUT2D eigenvalue weighted by molar-refractivity contribution is 7.99. The second-order valence-corrected chi connectivity index (χ2v) is 6.90. The number of aromatic nitrogens is 1. The Balaban J connectivity index is 2.21. The van der Waals surface area contributed by atoms with Crippen LogP contribution in [-0.2, 0) is 0 Å². The molecule has 18 heavy (non-hydrogen) atoms. The Hall–Kier alpha value is -0.550. The van der Waals surface area contributed by atoms with E-state index in [0.29, 0.717) is 0 Å².